The number of aryl methyl sites for hydroxylation is 2. The van der Waals surface area contributed by atoms with Crippen LogP contribution in [0.5, 0.6) is 0 Å². The van der Waals surface area contributed by atoms with E-state index < -0.39 is 0 Å². The van der Waals surface area contributed by atoms with Crippen molar-refractivity contribution in [3.8, 4) is 0 Å². The van der Waals surface area contributed by atoms with E-state index in [1.54, 1.807) is 0 Å². The molecule has 2 amide bonds. The SMILES string of the molecule is CCOCCCN1C(=O)C(Nc2ccccc2C)=C(c2ccc(C)cc2)C1=O. The van der Waals surface area contributed by atoms with Crippen LogP contribution in [0.4, 0.5) is 5.69 Å². The van der Waals surface area contributed by atoms with Crippen LogP contribution in [0.2, 0.25) is 0 Å². The van der Waals surface area contributed by atoms with Gasteiger partial charge in [-0.2, -0.15) is 0 Å². The number of para-hydroxylation sites is 1. The van der Waals surface area contributed by atoms with Crippen LogP contribution in [0.1, 0.15) is 30.0 Å². The Morgan fingerprint density at radius 2 is 1.68 bits per heavy atom. The van der Waals surface area contributed by atoms with E-state index >= 15 is 0 Å². The molecule has 0 atom stereocenters. The maximum atomic E-state index is 13.1. The molecule has 0 bridgehead atoms. The van der Waals surface area contributed by atoms with Gasteiger partial charge in [0.15, 0.2) is 0 Å². The number of amides is 2. The highest BCUT2D eigenvalue weighted by Gasteiger charge is 2.38. The van der Waals surface area contributed by atoms with Gasteiger partial charge in [-0.3, -0.25) is 14.5 Å². The number of benzene rings is 2. The summed E-state index contributed by atoms with van der Waals surface area (Å²) >= 11 is 0. The number of rotatable bonds is 8. The van der Waals surface area contributed by atoms with Crippen LogP contribution in [0.3, 0.4) is 0 Å². The van der Waals surface area contributed by atoms with Gasteiger partial charge in [-0.1, -0.05) is 48.0 Å². The molecular formula is C23H26N2O3. The maximum absolute atomic E-state index is 13.1. The fourth-order valence-corrected chi connectivity index (χ4v) is 3.20. The summed E-state index contributed by atoms with van der Waals surface area (Å²) in [6.07, 6.45) is 0.615. The summed E-state index contributed by atoms with van der Waals surface area (Å²) in [5.41, 5.74) is 4.42. The minimum Gasteiger partial charge on any atom is -0.382 e. The summed E-state index contributed by atoms with van der Waals surface area (Å²) in [4.78, 5) is 27.5. The summed E-state index contributed by atoms with van der Waals surface area (Å²) in [6.45, 7) is 7.37. The van der Waals surface area contributed by atoms with Gasteiger partial charge < -0.3 is 10.1 Å². The number of nitrogens with zero attached hydrogens (tertiary/aromatic N) is 1. The summed E-state index contributed by atoms with van der Waals surface area (Å²) in [5.74, 6) is -0.554. The normalized spacial score (nSPS) is 14.2. The molecule has 3 rings (SSSR count). The molecule has 1 N–H and O–H groups in total. The average Bonchev–Trinajstić information content (AvgIpc) is 2.92. The number of carbonyl (C=O) groups is 2. The Balaban J connectivity index is 1.95. The topological polar surface area (TPSA) is 58.6 Å². The van der Waals surface area contributed by atoms with Crippen molar-refractivity contribution in [2.45, 2.75) is 27.2 Å². The zero-order chi connectivity index (χ0) is 20.1. The zero-order valence-electron chi connectivity index (χ0n) is 16.6. The fraction of sp³-hybridized carbons (Fsp3) is 0.304. The van der Waals surface area contributed by atoms with Crippen LogP contribution >= 0.6 is 0 Å². The molecule has 2 aromatic carbocycles. The van der Waals surface area contributed by atoms with E-state index in [0.717, 1.165) is 22.4 Å². The Kier molecular flexibility index (Phi) is 6.26. The Hall–Kier alpha value is -2.92. The molecule has 0 aliphatic carbocycles. The van der Waals surface area contributed by atoms with E-state index in [0.29, 0.717) is 37.4 Å². The van der Waals surface area contributed by atoms with Crippen LogP contribution < -0.4 is 5.32 Å². The van der Waals surface area contributed by atoms with Gasteiger partial charge in [0.2, 0.25) is 0 Å². The van der Waals surface area contributed by atoms with Crippen LogP contribution in [-0.4, -0.2) is 36.5 Å². The summed E-state index contributed by atoms with van der Waals surface area (Å²) in [6, 6.07) is 15.4. The molecular weight excluding hydrogens is 352 g/mol. The molecule has 2 aromatic rings. The Morgan fingerprint density at radius 3 is 2.36 bits per heavy atom. The van der Waals surface area contributed by atoms with E-state index in [4.69, 9.17) is 4.74 Å². The third-order valence-electron chi connectivity index (χ3n) is 4.79. The van der Waals surface area contributed by atoms with Crippen molar-refractivity contribution in [3.05, 3.63) is 70.9 Å². The largest absolute Gasteiger partial charge is 0.382 e. The predicted molar refractivity (Wildman–Crippen MR) is 111 cm³/mol. The molecule has 1 aliphatic heterocycles. The van der Waals surface area contributed by atoms with Crippen molar-refractivity contribution < 1.29 is 14.3 Å². The van der Waals surface area contributed by atoms with Gasteiger partial charge in [0.1, 0.15) is 5.70 Å². The molecule has 0 radical (unpaired) electrons. The van der Waals surface area contributed by atoms with E-state index in [1.165, 1.54) is 4.90 Å². The number of anilines is 1. The molecule has 5 heteroatoms. The van der Waals surface area contributed by atoms with Crippen molar-refractivity contribution >= 4 is 23.1 Å². The van der Waals surface area contributed by atoms with Crippen molar-refractivity contribution in [1.82, 2.24) is 4.90 Å². The van der Waals surface area contributed by atoms with Crippen molar-refractivity contribution in [2.24, 2.45) is 0 Å². The second-order valence-corrected chi connectivity index (χ2v) is 6.87. The van der Waals surface area contributed by atoms with Crippen LogP contribution in [0, 0.1) is 13.8 Å². The monoisotopic (exact) mass is 378 g/mol. The first kappa shape index (κ1) is 19.8. The van der Waals surface area contributed by atoms with Crippen LogP contribution in [0.25, 0.3) is 5.57 Å². The zero-order valence-corrected chi connectivity index (χ0v) is 16.6. The predicted octanol–water partition coefficient (Wildman–Crippen LogP) is 3.92. The quantitative estimate of drug-likeness (QED) is 0.559. The molecule has 1 heterocycles. The molecule has 0 fully saturated rings. The number of ether oxygens (including phenoxy) is 1. The number of carbonyl (C=O) groups excluding carboxylic acids is 2. The number of hydrogen-bond acceptors (Lipinski definition) is 4. The van der Waals surface area contributed by atoms with E-state index in [1.807, 2.05) is 69.3 Å². The lowest BCUT2D eigenvalue weighted by Gasteiger charge is -2.15. The number of nitrogens with one attached hydrogen (secondary N) is 1. The Bertz CT molecular complexity index is 900. The molecule has 28 heavy (non-hydrogen) atoms. The van der Waals surface area contributed by atoms with Crippen molar-refractivity contribution in [2.75, 3.05) is 25.1 Å². The van der Waals surface area contributed by atoms with E-state index in [9.17, 15) is 9.59 Å². The third kappa shape index (κ3) is 4.15. The van der Waals surface area contributed by atoms with Gasteiger partial charge >= 0.3 is 0 Å². The molecule has 146 valence electrons. The molecule has 0 saturated heterocycles. The highest BCUT2D eigenvalue weighted by Crippen LogP contribution is 2.31. The fourth-order valence-electron chi connectivity index (χ4n) is 3.20. The summed E-state index contributed by atoms with van der Waals surface area (Å²) in [7, 11) is 0. The van der Waals surface area contributed by atoms with Gasteiger partial charge in [0.05, 0.1) is 5.57 Å². The second kappa shape index (κ2) is 8.85. The van der Waals surface area contributed by atoms with Gasteiger partial charge in [0, 0.05) is 25.4 Å². The maximum Gasteiger partial charge on any atom is 0.278 e. The molecule has 0 unspecified atom stereocenters. The highest BCUT2D eigenvalue weighted by molar-refractivity contribution is 6.36. The lowest BCUT2D eigenvalue weighted by Crippen LogP contribution is -2.34. The standard InChI is InChI=1S/C23H26N2O3/c1-4-28-15-7-14-25-22(26)20(18-12-10-16(2)11-13-18)21(23(25)27)24-19-9-6-5-8-17(19)3/h5-6,8-13,24H,4,7,14-15H2,1-3H3. The first-order chi connectivity index (χ1) is 13.5. The van der Waals surface area contributed by atoms with Crippen LogP contribution in [0.15, 0.2) is 54.2 Å². The van der Waals surface area contributed by atoms with E-state index in [2.05, 4.69) is 5.32 Å². The summed E-state index contributed by atoms with van der Waals surface area (Å²) < 4.78 is 5.35. The van der Waals surface area contributed by atoms with Crippen molar-refractivity contribution in [3.63, 3.8) is 0 Å². The Labute approximate surface area is 166 Å². The second-order valence-electron chi connectivity index (χ2n) is 6.87. The average molecular weight is 378 g/mol. The molecule has 0 saturated carbocycles. The molecule has 0 aromatic heterocycles. The Morgan fingerprint density at radius 1 is 0.964 bits per heavy atom. The minimum atomic E-state index is -0.291. The summed E-state index contributed by atoms with van der Waals surface area (Å²) in [5, 5.41) is 3.22. The van der Waals surface area contributed by atoms with E-state index in [-0.39, 0.29) is 11.8 Å². The van der Waals surface area contributed by atoms with Crippen molar-refractivity contribution in [1.29, 1.82) is 0 Å². The van der Waals surface area contributed by atoms with Crippen LogP contribution in [-0.2, 0) is 14.3 Å². The first-order valence-corrected chi connectivity index (χ1v) is 9.60. The number of imide groups is 1. The lowest BCUT2D eigenvalue weighted by molar-refractivity contribution is -0.137. The van der Waals surface area contributed by atoms with Gasteiger partial charge in [-0.25, -0.2) is 0 Å². The molecule has 0 spiro atoms. The lowest BCUT2D eigenvalue weighted by atomic mass is 10.0. The van der Waals surface area contributed by atoms with Gasteiger partial charge in [0.25, 0.3) is 11.8 Å². The number of hydrogen-bond donors (Lipinski definition) is 1. The molecule has 1 aliphatic rings. The molecule has 5 nitrogen and oxygen atoms in total. The third-order valence-corrected chi connectivity index (χ3v) is 4.79. The highest BCUT2D eigenvalue weighted by atomic mass is 16.5. The van der Waals surface area contributed by atoms with Gasteiger partial charge in [-0.15, -0.1) is 0 Å². The van der Waals surface area contributed by atoms with Gasteiger partial charge in [-0.05, 0) is 44.4 Å². The smallest absolute Gasteiger partial charge is 0.278 e. The minimum absolute atomic E-state index is 0.263. The first-order valence-electron chi connectivity index (χ1n) is 9.60.